The zero-order chi connectivity index (χ0) is 15.5. The molecule has 0 radical (unpaired) electrons. The van der Waals surface area contributed by atoms with E-state index in [2.05, 4.69) is 13.8 Å². The van der Waals surface area contributed by atoms with Crippen LogP contribution in [0.5, 0.6) is 0 Å². The molecule has 0 amide bonds. The molecule has 0 aromatic heterocycles. The van der Waals surface area contributed by atoms with Crippen molar-refractivity contribution in [2.24, 2.45) is 40.4 Å². The van der Waals surface area contributed by atoms with Crippen molar-refractivity contribution < 1.29 is 9.90 Å². The van der Waals surface area contributed by atoms with Crippen molar-refractivity contribution >= 4 is 5.97 Å². The third kappa shape index (κ3) is 1.88. The molecule has 1 N–H and O–H groups in total. The molecule has 4 fully saturated rings. The van der Waals surface area contributed by atoms with E-state index < -0.39 is 5.97 Å². The van der Waals surface area contributed by atoms with Gasteiger partial charge in [0.15, 0.2) is 0 Å². The van der Waals surface area contributed by atoms with Gasteiger partial charge in [0.05, 0.1) is 5.92 Å². The van der Waals surface area contributed by atoms with E-state index in [0.29, 0.717) is 17.3 Å². The van der Waals surface area contributed by atoms with Gasteiger partial charge in [0.2, 0.25) is 0 Å². The molecule has 2 heteroatoms. The first-order chi connectivity index (χ1) is 10.5. The largest absolute Gasteiger partial charge is 0.481 e. The molecular formula is C20H32O2. The minimum absolute atomic E-state index is 0.0789. The number of hydrogen-bond acceptors (Lipinski definition) is 1. The van der Waals surface area contributed by atoms with E-state index in [4.69, 9.17) is 0 Å². The van der Waals surface area contributed by atoms with Crippen LogP contribution >= 0.6 is 0 Å². The van der Waals surface area contributed by atoms with Gasteiger partial charge in [-0.15, -0.1) is 0 Å². The summed E-state index contributed by atoms with van der Waals surface area (Å²) in [6, 6.07) is 0. The highest BCUT2D eigenvalue weighted by molar-refractivity contribution is 5.71. The number of fused-ring (bicyclic) bond motifs is 5. The van der Waals surface area contributed by atoms with Crippen molar-refractivity contribution in [3.8, 4) is 0 Å². The molecule has 0 spiro atoms. The summed E-state index contributed by atoms with van der Waals surface area (Å²) in [4.78, 5) is 12.0. The smallest absolute Gasteiger partial charge is 0.307 e. The summed E-state index contributed by atoms with van der Waals surface area (Å²) < 4.78 is 0. The first-order valence-electron chi connectivity index (χ1n) is 9.69. The molecule has 0 aliphatic heterocycles. The number of carbonyl (C=O) groups is 1. The Morgan fingerprint density at radius 2 is 1.73 bits per heavy atom. The SMILES string of the molecule is C[C@@]12CCC[C@H]1[C@@H]1CCC3CCCC(C(=O)O)[C@]3(C)[C@H]1CC2. The lowest BCUT2D eigenvalue weighted by molar-refractivity contribution is -0.170. The fourth-order valence-corrected chi connectivity index (χ4v) is 7.73. The number of rotatable bonds is 1. The van der Waals surface area contributed by atoms with Gasteiger partial charge in [0, 0.05) is 0 Å². The Morgan fingerprint density at radius 1 is 0.909 bits per heavy atom. The predicted octanol–water partition coefficient (Wildman–Crippen LogP) is 5.12. The normalized spacial score (nSPS) is 54.2. The summed E-state index contributed by atoms with van der Waals surface area (Å²) in [7, 11) is 0. The van der Waals surface area contributed by atoms with Gasteiger partial charge in [-0.2, -0.15) is 0 Å². The molecule has 124 valence electrons. The molecule has 22 heavy (non-hydrogen) atoms. The van der Waals surface area contributed by atoms with E-state index in [1.165, 1.54) is 51.4 Å². The average Bonchev–Trinajstić information content (AvgIpc) is 2.87. The molecule has 0 heterocycles. The van der Waals surface area contributed by atoms with E-state index in [1.807, 2.05) is 0 Å². The van der Waals surface area contributed by atoms with Crippen LogP contribution in [0.25, 0.3) is 0 Å². The number of carboxylic acids is 1. The molecule has 4 saturated carbocycles. The summed E-state index contributed by atoms with van der Waals surface area (Å²) in [5.41, 5.74) is 0.661. The average molecular weight is 304 g/mol. The molecule has 2 nitrogen and oxygen atoms in total. The lowest BCUT2D eigenvalue weighted by Gasteiger charge is -2.61. The highest BCUT2D eigenvalue weighted by Gasteiger charge is 2.60. The molecule has 0 aromatic carbocycles. The third-order valence-electron chi connectivity index (χ3n) is 8.84. The summed E-state index contributed by atoms with van der Waals surface area (Å²) in [5.74, 6) is 2.48. The van der Waals surface area contributed by atoms with Crippen molar-refractivity contribution in [2.45, 2.75) is 78.1 Å². The van der Waals surface area contributed by atoms with Crippen LogP contribution in [0, 0.1) is 40.4 Å². The molecule has 4 aliphatic rings. The Balaban J connectivity index is 1.70. The number of hydrogen-bond donors (Lipinski definition) is 1. The van der Waals surface area contributed by atoms with Crippen molar-refractivity contribution in [3.63, 3.8) is 0 Å². The van der Waals surface area contributed by atoms with Crippen LogP contribution in [0.4, 0.5) is 0 Å². The quantitative estimate of drug-likeness (QED) is 0.730. The fraction of sp³-hybridized carbons (Fsp3) is 0.950. The van der Waals surface area contributed by atoms with Crippen LogP contribution in [-0.2, 0) is 4.79 Å². The van der Waals surface area contributed by atoms with Gasteiger partial charge in [0.25, 0.3) is 0 Å². The maximum absolute atomic E-state index is 12.0. The second kappa shape index (κ2) is 4.98. The molecule has 0 bridgehead atoms. The van der Waals surface area contributed by atoms with Crippen molar-refractivity contribution in [1.82, 2.24) is 0 Å². The van der Waals surface area contributed by atoms with E-state index >= 15 is 0 Å². The van der Waals surface area contributed by atoms with Crippen LogP contribution in [0.2, 0.25) is 0 Å². The molecule has 7 atom stereocenters. The predicted molar refractivity (Wildman–Crippen MR) is 87.5 cm³/mol. The Morgan fingerprint density at radius 3 is 2.50 bits per heavy atom. The standard InChI is InChI=1S/C20H32O2/c1-19-11-4-7-15(19)14-9-8-13-5-3-6-17(18(21)22)20(13,2)16(14)10-12-19/h13-17H,3-12H2,1-2H3,(H,21,22)/t13?,14-,15-,16-,17?,19-,20-/m0/s1. The second-order valence-electron chi connectivity index (χ2n) is 9.42. The second-order valence-corrected chi connectivity index (χ2v) is 9.42. The lowest BCUT2D eigenvalue weighted by Crippen LogP contribution is -2.56. The zero-order valence-corrected chi connectivity index (χ0v) is 14.3. The summed E-state index contributed by atoms with van der Waals surface area (Å²) >= 11 is 0. The first kappa shape index (κ1) is 15.0. The molecule has 2 unspecified atom stereocenters. The van der Waals surface area contributed by atoms with Gasteiger partial charge in [-0.1, -0.05) is 26.7 Å². The monoisotopic (exact) mass is 304 g/mol. The van der Waals surface area contributed by atoms with Crippen molar-refractivity contribution in [2.75, 3.05) is 0 Å². The highest BCUT2D eigenvalue weighted by atomic mass is 16.4. The van der Waals surface area contributed by atoms with E-state index in [-0.39, 0.29) is 11.3 Å². The fourth-order valence-electron chi connectivity index (χ4n) is 7.73. The zero-order valence-electron chi connectivity index (χ0n) is 14.3. The van der Waals surface area contributed by atoms with E-state index in [9.17, 15) is 9.90 Å². The lowest BCUT2D eigenvalue weighted by atomic mass is 9.43. The van der Waals surface area contributed by atoms with Crippen molar-refractivity contribution in [3.05, 3.63) is 0 Å². The minimum Gasteiger partial charge on any atom is -0.481 e. The van der Waals surface area contributed by atoms with Crippen LogP contribution in [0.3, 0.4) is 0 Å². The van der Waals surface area contributed by atoms with Gasteiger partial charge in [-0.25, -0.2) is 0 Å². The first-order valence-corrected chi connectivity index (χ1v) is 9.69. The molecule has 4 aliphatic carbocycles. The Labute approximate surface area is 135 Å². The van der Waals surface area contributed by atoms with Gasteiger partial charge < -0.3 is 5.11 Å². The van der Waals surface area contributed by atoms with Crippen molar-refractivity contribution in [1.29, 1.82) is 0 Å². The Kier molecular flexibility index (Phi) is 3.40. The molecule has 0 saturated heterocycles. The Hall–Kier alpha value is -0.530. The van der Waals surface area contributed by atoms with E-state index in [1.54, 1.807) is 0 Å². The molecular weight excluding hydrogens is 272 g/mol. The van der Waals surface area contributed by atoms with Gasteiger partial charge in [-0.05, 0) is 85.9 Å². The number of carboxylic acid groups (broad SMARTS) is 1. The van der Waals surface area contributed by atoms with Crippen LogP contribution in [-0.4, -0.2) is 11.1 Å². The maximum Gasteiger partial charge on any atom is 0.307 e. The van der Waals surface area contributed by atoms with E-state index in [0.717, 1.165) is 24.7 Å². The third-order valence-corrected chi connectivity index (χ3v) is 8.84. The maximum atomic E-state index is 12.0. The summed E-state index contributed by atoms with van der Waals surface area (Å²) in [6.45, 7) is 4.91. The van der Waals surface area contributed by atoms with Gasteiger partial charge in [-0.3, -0.25) is 4.79 Å². The van der Waals surface area contributed by atoms with Crippen LogP contribution < -0.4 is 0 Å². The number of aliphatic carboxylic acids is 1. The molecule has 4 rings (SSSR count). The summed E-state index contributed by atoms with van der Waals surface area (Å²) in [5, 5.41) is 9.87. The molecule has 0 aromatic rings. The van der Waals surface area contributed by atoms with Gasteiger partial charge in [0.1, 0.15) is 0 Å². The topological polar surface area (TPSA) is 37.3 Å². The van der Waals surface area contributed by atoms with Gasteiger partial charge >= 0.3 is 5.97 Å². The van der Waals surface area contributed by atoms with Crippen LogP contribution in [0.15, 0.2) is 0 Å². The highest BCUT2D eigenvalue weighted by Crippen LogP contribution is 2.67. The Bertz CT molecular complexity index is 472. The minimum atomic E-state index is -0.507. The van der Waals surface area contributed by atoms with Crippen LogP contribution in [0.1, 0.15) is 78.1 Å². The summed E-state index contributed by atoms with van der Waals surface area (Å²) in [6.07, 6.45) is 12.9.